The van der Waals surface area contributed by atoms with E-state index in [1.165, 1.54) is 0 Å². The average molecular weight is 631 g/mol. The van der Waals surface area contributed by atoms with E-state index in [-0.39, 0.29) is 80.7 Å². The maximum Gasteiger partial charge on any atom is 1.00 e. The number of fused-ring (bicyclic) bond motifs is 2. The molecule has 0 radical (unpaired) electrons. The van der Waals surface area contributed by atoms with E-state index < -0.39 is 6.61 Å². The number of hydrogen-bond acceptors (Lipinski definition) is 9. The molecule has 0 spiro atoms. The van der Waals surface area contributed by atoms with E-state index >= 15 is 0 Å². The van der Waals surface area contributed by atoms with Crippen molar-refractivity contribution in [3.63, 3.8) is 0 Å². The van der Waals surface area contributed by atoms with Crippen molar-refractivity contribution < 1.29 is 75.8 Å². The smallest absolute Gasteiger partial charge is 0.849 e. The number of alkyl halides is 1. The summed E-state index contributed by atoms with van der Waals surface area (Å²) < 4.78 is 19.8. The summed E-state index contributed by atoms with van der Waals surface area (Å²) in [6.07, 6.45) is 5.26. The van der Waals surface area contributed by atoms with Crippen LogP contribution in [0.5, 0.6) is 11.5 Å². The number of likely N-dealkylation sites (N-methyl/N-ethyl adjacent to an activating group) is 1. The molecule has 1 aromatic heterocycles. The summed E-state index contributed by atoms with van der Waals surface area (Å²) in [4.78, 5) is 0. The quantitative estimate of drug-likeness (QED) is 0.103. The fraction of sp³-hybridized carbons (Fsp3) is 0.552. The number of ether oxygens (including phenoxy) is 3. The Bertz CT molecular complexity index is 1210. The number of allylic oxidation sites excluding steroid dienone is 3. The first-order chi connectivity index (χ1) is 19.5. The summed E-state index contributed by atoms with van der Waals surface area (Å²) in [5, 5.41) is 34.2. The first-order valence-electron chi connectivity index (χ1n) is 13.6. The first kappa shape index (κ1) is 38.7. The van der Waals surface area contributed by atoms with E-state index in [0.29, 0.717) is 31.1 Å². The van der Waals surface area contributed by atoms with Crippen molar-refractivity contribution >= 4 is 23.1 Å². The molecule has 2 aromatic rings. The summed E-state index contributed by atoms with van der Waals surface area (Å²) in [6, 6.07) is 5.85. The van der Waals surface area contributed by atoms with Crippen molar-refractivity contribution in [3.8, 4) is 11.5 Å². The van der Waals surface area contributed by atoms with Gasteiger partial charge in [-0.15, -0.1) is 21.8 Å². The standard InChI is InChI=1S/C23H28ClN3O3.C4H10N3O.C2H6O.K/c1-23(2,3)12-19-25-26-20-13-30-21(15-7-6-8-18(28-4)22(15)29-5)16-11-14(24)9-10-17(16)27(19)20;1-2-7(6)4(5)3-8;1-2-3;/h6-10,14,21H,11-13H2,1-5H3;5H,2-3,6H2,1H3;3H,2H2,1H3;/q;-1;;+1. The molecule has 2 unspecified atom stereocenters. The van der Waals surface area contributed by atoms with E-state index in [9.17, 15) is 5.11 Å². The van der Waals surface area contributed by atoms with Crippen molar-refractivity contribution in [2.24, 2.45) is 11.3 Å². The normalized spacial score (nSPS) is 17.2. The number of benzene rings is 1. The number of para-hydroxylation sites is 1. The largest absolute Gasteiger partial charge is 1.00 e. The zero-order valence-electron chi connectivity index (χ0n) is 26.1. The second kappa shape index (κ2) is 18.5. The Hall–Kier alpha value is -1.32. The number of nitrogens with one attached hydrogen (secondary N) is 1. The molecule has 0 saturated heterocycles. The molecule has 42 heavy (non-hydrogen) atoms. The zero-order chi connectivity index (χ0) is 30.7. The van der Waals surface area contributed by atoms with Crippen LogP contribution in [0.25, 0.3) is 5.70 Å². The van der Waals surface area contributed by atoms with Crippen LogP contribution >= 0.6 is 11.6 Å². The van der Waals surface area contributed by atoms with E-state index in [4.69, 9.17) is 42.2 Å². The molecule has 11 nitrogen and oxygen atoms in total. The minimum Gasteiger partial charge on any atom is -0.849 e. The minimum absolute atomic E-state index is 0. The number of aromatic nitrogens is 3. The molecular weight excluding hydrogens is 587 g/mol. The topological polar surface area (TPSA) is 155 Å². The van der Waals surface area contributed by atoms with Gasteiger partial charge in [0.1, 0.15) is 18.5 Å². The van der Waals surface area contributed by atoms with Gasteiger partial charge in [-0.3, -0.25) is 9.98 Å². The molecule has 13 heteroatoms. The van der Waals surface area contributed by atoms with Crippen molar-refractivity contribution in [1.82, 2.24) is 19.8 Å². The molecule has 0 fully saturated rings. The first-order valence-corrected chi connectivity index (χ1v) is 14.0. The van der Waals surface area contributed by atoms with Crippen LogP contribution in [0, 0.1) is 10.8 Å². The van der Waals surface area contributed by atoms with Crippen LogP contribution in [0.4, 0.5) is 0 Å². The van der Waals surface area contributed by atoms with Gasteiger partial charge in [0.25, 0.3) is 0 Å². The van der Waals surface area contributed by atoms with Crippen LogP contribution in [0.3, 0.4) is 0 Å². The monoisotopic (exact) mass is 630 g/mol. The number of nitrogens with zero attached hydrogens (tertiary/aromatic N) is 4. The van der Waals surface area contributed by atoms with Gasteiger partial charge < -0.3 is 29.4 Å². The number of halogens is 1. The van der Waals surface area contributed by atoms with Crippen molar-refractivity contribution in [2.45, 2.75) is 65.5 Å². The van der Waals surface area contributed by atoms with Crippen LogP contribution in [0.2, 0.25) is 0 Å². The minimum atomic E-state index is -0.537. The average Bonchev–Trinajstić information content (AvgIpc) is 3.25. The van der Waals surface area contributed by atoms with Crippen LogP contribution in [0.1, 0.15) is 64.4 Å². The molecule has 1 aromatic carbocycles. The van der Waals surface area contributed by atoms with Gasteiger partial charge in [-0.2, -0.15) is 0 Å². The summed E-state index contributed by atoms with van der Waals surface area (Å²) in [7, 11) is 3.29. The van der Waals surface area contributed by atoms with E-state index in [1.54, 1.807) is 28.1 Å². The zero-order valence-corrected chi connectivity index (χ0v) is 30.0. The van der Waals surface area contributed by atoms with Crippen LogP contribution in [-0.2, 0) is 17.8 Å². The van der Waals surface area contributed by atoms with Gasteiger partial charge in [0.05, 0.1) is 31.1 Å². The predicted molar refractivity (Wildman–Crippen MR) is 159 cm³/mol. The van der Waals surface area contributed by atoms with Gasteiger partial charge in [0, 0.05) is 25.1 Å². The van der Waals surface area contributed by atoms with Crippen LogP contribution < -0.4 is 71.8 Å². The number of hydrazine groups is 1. The predicted octanol–water partition coefficient (Wildman–Crippen LogP) is 0.456. The fourth-order valence-corrected chi connectivity index (χ4v) is 4.63. The van der Waals surface area contributed by atoms with Gasteiger partial charge in [-0.1, -0.05) is 45.6 Å². The Morgan fingerprint density at radius 3 is 2.45 bits per heavy atom. The second-order valence-electron chi connectivity index (χ2n) is 10.6. The van der Waals surface area contributed by atoms with Gasteiger partial charge in [0.15, 0.2) is 17.3 Å². The molecular formula is C29H44ClKN6O5. The maximum atomic E-state index is 9.88. The van der Waals surface area contributed by atoms with Crippen molar-refractivity contribution in [3.05, 3.63) is 53.1 Å². The third kappa shape index (κ3) is 10.4. The number of rotatable bonds is 6. The molecule has 2 heterocycles. The Kier molecular flexibility index (Phi) is 17.0. The van der Waals surface area contributed by atoms with Gasteiger partial charge >= 0.3 is 51.4 Å². The number of methoxy groups -OCH3 is 2. The molecule has 0 amide bonds. The molecule has 2 aliphatic rings. The van der Waals surface area contributed by atoms with Crippen molar-refractivity contribution in [2.75, 3.05) is 34.0 Å². The Morgan fingerprint density at radius 1 is 1.26 bits per heavy atom. The second-order valence-corrected chi connectivity index (χ2v) is 11.1. The Morgan fingerprint density at radius 2 is 1.93 bits per heavy atom. The SMILES string of the molecule is CCN(N)C(=N)C[O-].CCO.COc1cccc(C2OCc3nnc(CC(C)(C)C)n3C3=C2CC(Cl)C=C3)c1OC.[K+]. The molecule has 4 N–H and O–H groups in total. The summed E-state index contributed by atoms with van der Waals surface area (Å²) >= 11 is 6.55. The number of hydrogen-bond donors (Lipinski definition) is 3. The van der Waals surface area contributed by atoms with Gasteiger partial charge in [-0.05, 0) is 43.4 Å². The molecule has 0 bridgehead atoms. The van der Waals surface area contributed by atoms with Gasteiger partial charge in [-0.25, -0.2) is 5.84 Å². The van der Waals surface area contributed by atoms with Crippen LogP contribution in [-0.4, -0.2) is 70.1 Å². The van der Waals surface area contributed by atoms with Gasteiger partial charge in [0.2, 0.25) is 0 Å². The van der Waals surface area contributed by atoms with E-state index in [1.807, 2.05) is 24.3 Å². The molecule has 228 valence electrons. The summed E-state index contributed by atoms with van der Waals surface area (Å²) in [6.45, 7) is 10.6. The summed E-state index contributed by atoms with van der Waals surface area (Å²) in [5.74, 6) is 8.15. The van der Waals surface area contributed by atoms with E-state index in [0.717, 1.165) is 39.9 Å². The number of aliphatic hydroxyl groups is 1. The third-order valence-electron chi connectivity index (χ3n) is 6.17. The Labute approximate surface area is 297 Å². The van der Waals surface area contributed by atoms with Crippen LogP contribution in [0.15, 0.2) is 35.9 Å². The molecule has 2 atom stereocenters. The molecule has 0 saturated carbocycles. The molecule has 1 aliphatic heterocycles. The number of nitrogens with two attached hydrogens (primary N) is 1. The molecule has 1 aliphatic carbocycles. The Balaban J connectivity index is 0.000000632. The summed E-state index contributed by atoms with van der Waals surface area (Å²) in [5.41, 5.74) is 3.14. The fourth-order valence-electron chi connectivity index (χ4n) is 4.39. The number of aliphatic hydroxyl groups excluding tert-OH is 1. The third-order valence-corrected chi connectivity index (χ3v) is 6.47. The van der Waals surface area contributed by atoms with Crippen molar-refractivity contribution in [1.29, 1.82) is 5.41 Å². The van der Waals surface area contributed by atoms with E-state index in [2.05, 4.69) is 41.6 Å². The molecule has 4 rings (SSSR count). The maximum absolute atomic E-state index is 9.88. The number of amidine groups is 1.